The number of hydrogen-bond donors (Lipinski definition) is 2. The monoisotopic (exact) mass is 403 g/mol. The molecule has 1 aliphatic rings. The van der Waals surface area contributed by atoms with E-state index in [1.165, 1.54) is 0 Å². The molecule has 0 saturated heterocycles. The lowest BCUT2D eigenvalue weighted by Crippen LogP contribution is -2.32. The summed E-state index contributed by atoms with van der Waals surface area (Å²) in [5, 5.41) is 8.74. The van der Waals surface area contributed by atoms with Crippen LogP contribution in [0.25, 0.3) is 0 Å². The number of nitrogens with one attached hydrogen (secondary N) is 1. The fourth-order valence-corrected chi connectivity index (χ4v) is 3.77. The second kappa shape index (κ2) is 8.05. The molecule has 0 unspecified atom stereocenters. The maximum Gasteiger partial charge on any atom is 0.238 e. The summed E-state index contributed by atoms with van der Waals surface area (Å²) in [6.07, 6.45) is 1.83. The molecule has 7 nitrogen and oxygen atoms in total. The van der Waals surface area contributed by atoms with E-state index in [9.17, 15) is 8.42 Å². The zero-order valence-corrected chi connectivity index (χ0v) is 17.8. The Morgan fingerprint density at radius 3 is 2.57 bits per heavy atom. The lowest BCUT2D eigenvalue weighted by Gasteiger charge is -2.31. The van der Waals surface area contributed by atoms with E-state index in [2.05, 4.69) is 42.9 Å². The molecule has 1 aliphatic heterocycles. The van der Waals surface area contributed by atoms with Crippen LogP contribution in [0.3, 0.4) is 0 Å². The molecule has 2 heterocycles. The third-order valence-electron chi connectivity index (χ3n) is 5.10. The zero-order chi connectivity index (χ0) is 20.5. The van der Waals surface area contributed by atoms with Crippen molar-refractivity contribution in [2.75, 3.05) is 16.8 Å². The molecule has 1 atom stereocenters. The molecule has 0 amide bonds. The van der Waals surface area contributed by atoms with Crippen molar-refractivity contribution in [1.82, 2.24) is 9.97 Å². The molecule has 2 aromatic rings. The normalized spacial score (nSPS) is 15.4. The predicted octanol–water partition coefficient (Wildman–Crippen LogP) is 3.02. The molecule has 1 aromatic heterocycles. The van der Waals surface area contributed by atoms with Gasteiger partial charge in [0.1, 0.15) is 17.5 Å². The van der Waals surface area contributed by atoms with E-state index < -0.39 is 10.0 Å². The summed E-state index contributed by atoms with van der Waals surface area (Å²) in [6, 6.07) is 7.43. The second-order valence-electron chi connectivity index (χ2n) is 7.72. The van der Waals surface area contributed by atoms with Crippen LogP contribution >= 0.6 is 0 Å². The van der Waals surface area contributed by atoms with E-state index in [0.29, 0.717) is 12.6 Å². The Labute approximate surface area is 167 Å². The van der Waals surface area contributed by atoms with E-state index >= 15 is 0 Å². The number of fused-ring (bicyclic) bond motifs is 1. The fraction of sp³-hybridized carbons (Fsp3) is 0.500. The van der Waals surface area contributed by atoms with Gasteiger partial charge in [-0.3, -0.25) is 0 Å². The van der Waals surface area contributed by atoms with Gasteiger partial charge < -0.3 is 10.2 Å². The summed E-state index contributed by atoms with van der Waals surface area (Å²) in [5.74, 6) is 2.69. The van der Waals surface area contributed by atoms with Gasteiger partial charge in [-0.2, -0.15) is 0 Å². The van der Waals surface area contributed by atoms with Crippen LogP contribution in [0.4, 0.5) is 11.6 Å². The number of sulfonamides is 1. The first-order valence-corrected chi connectivity index (χ1v) is 11.3. The van der Waals surface area contributed by atoms with Crippen LogP contribution in [-0.4, -0.2) is 31.0 Å². The smallest absolute Gasteiger partial charge is 0.238 e. The van der Waals surface area contributed by atoms with E-state index in [-0.39, 0.29) is 10.8 Å². The van der Waals surface area contributed by atoms with Gasteiger partial charge in [0.05, 0.1) is 4.90 Å². The standard InChI is InChI=1S/C20H29N5O2S/c1-5-14(4)22-18-11-19(24-20(23-18)13(2)3)25-9-8-15-6-7-17(28(21,26)27)10-16(15)12-25/h6-7,10-11,13-14H,5,8-9,12H2,1-4H3,(H2,21,26,27)(H,22,23,24)/t14-/m1/s1. The Bertz CT molecular complexity index is 959. The Hall–Kier alpha value is -2.19. The molecule has 0 bridgehead atoms. The molecule has 3 rings (SSSR count). The first-order chi connectivity index (χ1) is 13.2. The van der Waals surface area contributed by atoms with Crippen LogP contribution in [0, 0.1) is 0 Å². The lowest BCUT2D eigenvalue weighted by molar-refractivity contribution is 0.597. The number of aromatic nitrogens is 2. The molecule has 0 spiro atoms. The number of nitrogens with zero attached hydrogens (tertiary/aromatic N) is 3. The van der Waals surface area contributed by atoms with Gasteiger partial charge in [-0.15, -0.1) is 0 Å². The van der Waals surface area contributed by atoms with E-state index in [4.69, 9.17) is 10.1 Å². The number of primary sulfonamides is 1. The molecule has 152 valence electrons. The van der Waals surface area contributed by atoms with Crippen LogP contribution in [0.15, 0.2) is 29.2 Å². The summed E-state index contributed by atoms with van der Waals surface area (Å²) in [4.78, 5) is 11.7. The Morgan fingerprint density at radius 1 is 1.18 bits per heavy atom. The molecular formula is C20H29N5O2S. The number of rotatable bonds is 6. The summed E-state index contributed by atoms with van der Waals surface area (Å²) in [5.41, 5.74) is 2.12. The SMILES string of the molecule is CC[C@@H](C)Nc1cc(N2CCc3ccc(S(N)(=O)=O)cc3C2)nc(C(C)C)n1. The average Bonchev–Trinajstić information content (AvgIpc) is 2.66. The molecule has 0 aliphatic carbocycles. The van der Waals surface area contributed by atoms with Crippen molar-refractivity contribution in [1.29, 1.82) is 0 Å². The van der Waals surface area contributed by atoms with Crippen molar-refractivity contribution < 1.29 is 8.42 Å². The van der Waals surface area contributed by atoms with Gasteiger partial charge in [-0.25, -0.2) is 23.5 Å². The Balaban J connectivity index is 1.94. The third kappa shape index (κ3) is 4.62. The van der Waals surface area contributed by atoms with Gasteiger partial charge in [-0.05, 0) is 43.0 Å². The highest BCUT2D eigenvalue weighted by Crippen LogP contribution is 2.27. The van der Waals surface area contributed by atoms with Gasteiger partial charge in [-0.1, -0.05) is 26.8 Å². The predicted molar refractivity (Wildman–Crippen MR) is 112 cm³/mol. The van der Waals surface area contributed by atoms with Crippen molar-refractivity contribution >= 4 is 21.7 Å². The number of benzene rings is 1. The van der Waals surface area contributed by atoms with Crippen molar-refractivity contribution in [3.63, 3.8) is 0 Å². The highest BCUT2D eigenvalue weighted by molar-refractivity contribution is 7.89. The molecule has 28 heavy (non-hydrogen) atoms. The van der Waals surface area contributed by atoms with Crippen LogP contribution < -0.4 is 15.4 Å². The summed E-state index contributed by atoms with van der Waals surface area (Å²) in [7, 11) is -3.71. The maximum absolute atomic E-state index is 11.7. The van der Waals surface area contributed by atoms with Gasteiger partial charge in [0, 0.05) is 31.1 Å². The molecule has 3 N–H and O–H groups in total. The van der Waals surface area contributed by atoms with Crippen LogP contribution in [0.2, 0.25) is 0 Å². The van der Waals surface area contributed by atoms with Gasteiger partial charge in [0.15, 0.2) is 0 Å². The minimum Gasteiger partial charge on any atom is -0.367 e. The number of nitrogens with two attached hydrogens (primary N) is 1. The van der Waals surface area contributed by atoms with Crippen LogP contribution in [0.5, 0.6) is 0 Å². The second-order valence-corrected chi connectivity index (χ2v) is 9.29. The molecule has 1 aromatic carbocycles. The average molecular weight is 404 g/mol. The van der Waals surface area contributed by atoms with E-state index in [1.54, 1.807) is 12.1 Å². The number of anilines is 2. The summed E-state index contributed by atoms with van der Waals surface area (Å²) in [6.45, 7) is 9.83. The fourth-order valence-electron chi connectivity index (χ4n) is 3.21. The Morgan fingerprint density at radius 2 is 1.93 bits per heavy atom. The molecule has 0 fully saturated rings. The largest absolute Gasteiger partial charge is 0.367 e. The zero-order valence-electron chi connectivity index (χ0n) is 16.9. The minimum atomic E-state index is -3.71. The van der Waals surface area contributed by atoms with Crippen molar-refractivity contribution in [2.24, 2.45) is 5.14 Å². The summed E-state index contributed by atoms with van der Waals surface area (Å²) >= 11 is 0. The van der Waals surface area contributed by atoms with Crippen molar-refractivity contribution in [2.45, 2.75) is 63.9 Å². The highest BCUT2D eigenvalue weighted by atomic mass is 32.2. The van der Waals surface area contributed by atoms with Crippen molar-refractivity contribution in [3.8, 4) is 0 Å². The first-order valence-electron chi connectivity index (χ1n) is 9.72. The van der Waals surface area contributed by atoms with E-state index in [1.807, 2.05) is 12.1 Å². The van der Waals surface area contributed by atoms with Crippen LogP contribution in [-0.2, 0) is 23.0 Å². The molecule has 0 radical (unpaired) electrons. The van der Waals surface area contributed by atoms with Gasteiger partial charge in [0.2, 0.25) is 10.0 Å². The summed E-state index contributed by atoms with van der Waals surface area (Å²) < 4.78 is 23.4. The van der Waals surface area contributed by atoms with Crippen molar-refractivity contribution in [3.05, 3.63) is 41.2 Å². The lowest BCUT2D eigenvalue weighted by atomic mass is 10.00. The third-order valence-corrected chi connectivity index (χ3v) is 6.01. The van der Waals surface area contributed by atoms with E-state index in [0.717, 1.165) is 48.0 Å². The molecule has 0 saturated carbocycles. The number of hydrogen-bond acceptors (Lipinski definition) is 6. The van der Waals surface area contributed by atoms with Gasteiger partial charge in [0.25, 0.3) is 0 Å². The van der Waals surface area contributed by atoms with Crippen LogP contribution in [0.1, 0.15) is 57.0 Å². The molecule has 8 heteroatoms. The minimum absolute atomic E-state index is 0.151. The molecular weight excluding hydrogens is 374 g/mol. The maximum atomic E-state index is 11.7. The topological polar surface area (TPSA) is 101 Å². The highest BCUT2D eigenvalue weighted by Gasteiger charge is 2.21. The van der Waals surface area contributed by atoms with Gasteiger partial charge >= 0.3 is 0 Å². The Kier molecular flexibility index (Phi) is 5.90. The first kappa shape index (κ1) is 20.5. The quantitative estimate of drug-likeness (QED) is 0.769.